The molecule has 2 N–H and O–H groups in total. The van der Waals surface area contributed by atoms with E-state index in [1.165, 1.54) is 5.56 Å². The number of thioether (sulfide) groups is 1. The Bertz CT molecular complexity index is 626. The molecule has 1 fully saturated rings. The fourth-order valence-corrected chi connectivity index (χ4v) is 5.76. The first-order chi connectivity index (χ1) is 12.0. The van der Waals surface area contributed by atoms with Gasteiger partial charge in [0, 0.05) is 50.1 Å². The second-order valence-corrected chi connectivity index (χ2v) is 10.0. The standard InChI is InChI=1S/C16H28N4O2S3/c1-3-17-16(19-12-14(2)15-4-8-24-13-15)18-5-11-25(21,22)20-6-9-23-10-7-20/h4,8,13-14H,3,5-7,9-12H2,1-2H3,(H2,17,18,19). The van der Waals surface area contributed by atoms with Crippen LogP contribution in [0, 0.1) is 0 Å². The smallest absolute Gasteiger partial charge is 0.215 e. The van der Waals surface area contributed by atoms with E-state index in [1.807, 2.05) is 18.7 Å². The molecule has 0 bridgehead atoms. The number of hydrogen-bond acceptors (Lipinski definition) is 5. The van der Waals surface area contributed by atoms with Crippen LogP contribution < -0.4 is 10.6 Å². The van der Waals surface area contributed by atoms with E-state index in [2.05, 4.69) is 39.4 Å². The zero-order valence-corrected chi connectivity index (χ0v) is 17.4. The molecule has 2 rings (SSSR count). The van der Waals surface area contributed by atoms with E-state index in [0.29, 0.717) is 38.1 Å². The fraction of sp³-hybridized carbons (Fsp3) is 0.688. The molecule has 1 aromatic heterocycles. The zero-order chi connectivity index (χ0) is 18.1. The summed E-state index contributed by atoms with van der Waals surface area (Å²) in [6.45, 7) is 7.18. The van der Waals surface area contributed by atoms with Crippen LogP contribution in [0.1, 0.15) is 25.3 Å². The van der Waals surface area contributed by atoms with Gasteiger partial charge in [-0.05, 0) is 29.3 Å². The second kappa shape index (κ2) is 10.4. The first kappa shape index (κ1) is 20.5. The van der Waals surface area contributed by atoms with E-state index in [0.717, 1.165) is 18.1 Å². The number of aliphatic imine (C=N–C) groups is 1. The summed E-state index contributed by atoms with van der Waals surface area (Å²) in [6, 6.07) is 2.12. The van der Waals surface area contributed by atoms with Crippen molar-refractivity contribution < 1.29 is 8.42 Å². The quantitative estimate of drug-likeness (QED) is 0.510. The van der Waals surface area contributed by atoms with Crippen molar-refractivity contribution in [3.8, 4) is 0 Å². The van der Waals surface area contributed by atoms with Gasteiger partial charge in [0.2, 0.25) is 10.0 Å². The molecule has 1 aliphatic heterocycles. The fourth-order valence-electron chi connectivity index (χ4n) is 2.48. The SMILES string of the molecule is CCNC(=NCC(C)c1ccsc1)NCCS(=O)(=O)N1CCSCC1. The molecular weight excluding hydrogens is 376 g/mol. The summed E-state index contributed by atoms with van der Waals surface area (Å²) in [6.07, 6.45) is 0. The van der Waals surface area contributed by atoms with Crippen LogP contribution >= 0.6 is 23.1 Å². The van der Waals surface area contributed by atoms with E-state index in [4.69, 9.17) is 0 Å². The van der Waals surface area contributed by atoms with Crippen LogP contribution in [0.25, 0.3) is 0 Å². The van der Waals surface area contributed by atoms with Crippen molar-refractivity contribution in [2.45, 2.75) is 19.8 Å². The minimum absolute atomic E-state index is 0.0994. The third-order valence-electron chi connectivity index (χ3n) is 4.00. The molecular formula is C16H28N4O2S3. The van der Waals surface area contributed by atoms with Crippen molar-refractivity contribution in [3.63, 3.8) is 0 Å². The summed E-state index contributed by atoms with van der Waals surface area (Å²) >= 11 is 3.50. The lowest BCUT2D eigenvalue weighted by molar-refractivity contribution is 0.443. The molecule has 0 radical (unpaired) electrons. The van der Waals surface area contributed by atoms with Gasteiger partial charge in [0.15, 0.2) is 5.96 Å². The average Bonchev–Trinajstić information content (AvgIpc) is 3.15. The molecule has 0 aromatic carbocycles. The van der Waals surface area contributed by atoms with E-state index < -0.39 is 10.0 Å². The van der Waals surface area contributed by atoms with Crippen LogP contribution in [-0.4, -0.2) is 68.7 Å². The van der Waals surface area contributed by atoms with Gasteiger partial charge in [-0.25, -0.2) is 12.7 Å². The maximum Gasteiger partial charge on any atom is 0.215 e. The highest BCUT2D eigenvalue weighted by Crippen LogP contribution is 2.18. The van der Waals surface area contributed by atoms with Gasteiger partial charge in [0.25, 0.3) is 0 Å². The van der Waals surface area contributed by atoms with Crippen molar-refractivity contribution in [2.24, 2.45) is 4.99 Å². The molecule has 25 heavy (non-hydrogen) atoms. The molecule has 9 heteroatoms. The van der Waals surface area contributed by atoms with Gasteiger partial charge < -0.3 is 10.6 Å². The Morgan fingerprint density at radius 3 is 2.76 bits per heavy atom. The van der Waals surface area contributed by atoms with Crippen molar-refractivity contribution in [1.82, 2.24) is 14.9 Å². The van der Waals surface area contributed by atoms with Gasteiger partial charge in [-0.15, -0.1) is 0 Å². The number of sulfonamides is 1. The third kappa shape index (κ3) is 6.80. The van der Waals surface area contributed by atoms with Gasteiger partial charge in [0.1, 0.15) is 0 Å². The van der Waals surface area contributed by atoms with Crippen LogP contribution in [0.5, 0.6) is 0 Å². The minimum atomic E-state index is -3.18. The first-order valence-corrected chi connectivity index (χ1v) is 12.3. The molecule has 0 amide bonds. The van der Waals surface area contributed by atoms with E-state index >= 15 is 0 Å². The van der Waals surface area contributed by atoms with Gasteiger partial charge in [-0.3, -0.25) is 4.99 Å². The molecule has 1 saturated heterocycles. The predicted octanol–water partition coefficient (Wildman–Crippen LogP) is 1.79. The lowest BCUT2D eigenvalue weighted by atomic mass is 10.1. The van der Waals surface area contributed by atoms with Crippen molar-refractivity contribution in [3.05, 3.63) is 22.4 Å². The van der Waals surface area contributed by atoms with Crippen LogP contribution in [-0.2, 0) is 10.0 Å². The maximum absolute atomic E-state index is 12.4. The van der Waals surface area contributed by atoms with E-state index in [1.54, 1.807) is 15.6 Å². The molecule has 0 aliphatic carbocycles. The Hall–Kier alpha value is -0.770. The summed E-state index contributed by atoms with van der Waals surface area (Å²) in [5.74, 6) is 2.89. The molecule has 0 saturated carbocycles. The topological polar surface area (TPSA) is 73.8 Å². The summed E-state index contributed by atoms with van der Waals surface area (Å²) in [5.41, 5.74) is 1.29. The van der Waals surface area contributed by atoms with Gasteiger partial charge in [-0.1, -0.05) is 6.92 Å². The first-order valence-electron chi connectivity index (χ1n) is 8.62. The molecule has 0 spiro atoms. The Balaban J connectivity index is 1.83. The number of nitrogens with zero attached hydrogens (tertiary/aromatic N) is 2. The highest BCUT2D eigenvalue weighted by atomic mass is 32.2. The number of hydrogen-bond donors (Lipinski definition) is 2. The van der Waals surface area contributed by atoms with Crippen LogP contribution in [0.3, 0.4) is 0 Å². The van der Waals surface area contributed by atoms with Crippen LogP contribution in [0.4, 0.5) is 0 Å². The van der Waals surface area contributed by atoms with Crippen molar-refractivity contribution in [1.29, 1.82) is 0 Å². The molecule has 1 atom stereocenters. The van der Waals surface area contributed by atoms with Crippen molar-refractivity contribution >= 4 is 39.1 Å². The Labute approximate surface area is 159 Å². The third-order valence-corrected chi connectivity index (χ3v) is 7.51. The van der Waals surface area contributed by atoms with E-state index in [9.17, 15) is 8.42 Å². The number of rotatable bonds is 8. The van der Waals surface area contributed by atoms with Crippen molar-refractivity contribution in [2.75, 3.05) is 50.0 Å². The van der Waals surface area contributed by atoms with Gasteiger partial charge >= 0.3 is 0 Å². The molecule has 2 heterocycles. The highest BCUT2D eigenvalue weighted by Gasteiger charge is 2.23. The molecule has 142 valence electrons. The monoisotopic (exact) mass is 404 g/mol. The lowest BCUT2D eigenvalue weighted by Gasteiger charge is -2.25. The molecule has 1 aromatic rings. The summed E-state index contributed by atoms with van der Waals surface area (Å²) in [5, 5.41) is 10.5. The van der Waals surface area contributed by atoms with Gasteiger partial charge in [0.05, 0.1) is 5.75 Å². The normalized spacial score (nSPS) is 18.1. The molecule has 6 nitrogen and oxygen atoms in total. The van der Waals surface area contributed by atoms with E-state index in [-0.39, 0.29) is 5.75 Å². The number of thiophene rings is 1. The molecule has 1 unspecified atom stereocenters. The Morgan fingerprint density at radius 2 is 2.12 bits per heavy atom. The number of guanidine groups is 1. The average molecular weight is 405 g/mol. The Kier molecular flexibility index (Phi) is 8.54. The second-order valence-electron chi connectivity index (χ2n) is 5.93. The lowest BCUT2D eigenvalue weighted by Crippen LogP contribution is -2.44. The largest absolute Gasteiger partial charge is 0.357 e. The van der Waals surface area contributed by atoms with Crippen LogP contribution in [0.2, 0.25) is 0 Å². The zero-order valence-electron chi connectivity index (χ0n) is 14.9. The summed E-state index contributed by atoms with van der Waals surface area (Å²) in [4.78, 5) is 4.59. The van der Waals surface area contributed by atoms with Crippen LogP contribution in [0.15, 0.2) is 21.8 Å². The summed E-state index contributed by atoms with van der Waals surface area (Å²) in [7, 11) is -3.18. The minimum Gasteiger partial charge on any atom is -0.357 e. The predicted molar refractivity (Wildman–Crippen MR) is 109 cm³/mol. The highest BCUT2D eigenvalue weighted by molar-refractivity contribution is 7.99. The molecule has 1 aliphatic rings. The Morgan fingerprint density at radius 1 is 1.36 bits per heavy atom. The number of nitrogens with one attached hydrogen (secondary N) is 2. The van der Waals surface area contributed by atoms with Gasteiger partial charge in [-0.2, -0.15) is 23.1 Å². The summed E-state index contributed by atoms with van der Waals surface area (Å²) < 4.78 is 26.3. The maximum atomic E-state index is 12.4.